The Bertz CT molecular complexity index is 840. The molecule has 0 aliphatic carbocycles. The zero-order chi connectivity index (χ0) is 18.5. The van der Waals surface area contributed by atoms with Gasteiger partial charge in [0.2, 0.25) is 5.91 Å². The molecule has 2 aromatic rings. The Morgan fingerprint density at radius 2 is 2.04 bits per heavy atom. The Morgan fingerprint density at radius 3 is 2.78 bits per heavy atom. The van der Waals surface area contributed by atoms with E-state index in [1.807, 2.05) is 31.2 Å². The fourth-order valence-corrected chi connectivity index (χ4v) is 3.60. The van der Waals surface area contributed by atoms with Gasteiger partial charge in [0.25, 0.3) is 0 Å². The summed E-state index contributed by atoms with van der Waals surface area (Å²) < 4.78 is 1.00. The molecule has 5 nitrogen and oxygen atoms in total. The molecule has 1 heterocycles. The zero-order valence-electron chi connectivity index (χ0n) is 15.5. The number of carbonyl (C=O) groups is 1. The lowest BCUT2D eigenvalue weighted by molar-refractivity contribution is -0.116. The van der Waals surface area contributed by atoms with Crippen LogP contribution in [-0.2, 0) is 11.2 Å². The number of hydrogen-bond donors (Lipinski definition) is 2. The summed E-state index contributed by atoms with van der Waals surface area (Å²) >= 11 is 3.43. The van der Waals surface area contributed by atoms with Crippen LogP contribution in [0.2, 0.25) is 0 Å². The predicted molar refractivity (Wildman–Crippen MR) is 126 cm³/mol. The van der Waals surface area contributed by atoms with Crippen molar-refractivity contribution >= 4 is 63.1 Å². The van der Waals surface area contributed by atoms with Crippen LogP contribution in [-0.4, -0.2) is 32.0 Å². The summed E-state index contributed by atoms with van der Waals surface area (Å²) in [5.41, 5.74) is 4.40. The summed E-state index contributed by atoms with van der Waals surface area (Å²) in [5, 5.41) is 6.26. The molecule has 0 radical (unpaired) electrons. The number of carbonyl (C=O) groups excluding carboxylic acids is 1. The first-order chi connectivity index (χ1) is 12.6. The molecular weight excluding hydrogens is 519 g/mol. The lowest BCUT2D eigenvalue weighted by Crippen LogP contribution is -2.41. The van der Waals surface area contributed by atoms with Crippen molar-refractivity contribution < 1.29 is 4.79 Å². The van der Waals surface area contributed by atoms with E-state index in [4.69, 9.17) is 0 Å². The second-order valence-corrected chi connectivity index (χ2v) is 7.18. The molecule has 0 saturated heterocycles. The minimum absolute atomic E-state index is 0. The minimum atomic E-state index is -0.0137. The standard InChI is InChI=1S/C20H23BrN4O.HI/c1-14-13-16(21)7-8-17(14)24-19(26)9-11-23-20(22-2)25-12-10-15-5-3-4-6-18(15)25;/h3-8,13H,9-12H2,1-2H3,(H,22,23)(H,24,26);1H. The number of amides is 1. The number of para-hydroxylation sites is 1. The van der Waals surface area contributed by atoms with Crippen molar-refractivity contribution in [1.29, 1.82) is 0 Å². The summed E-state index contributed by atoms with van der Waals surface area (Å²) in [7, 11) is 1.77. The number of aryl methyl sites for hydroxylation is 1. The van der Waals surface area contributed by atoms with Crippen LogP contribution in [0.5, 0.6) is 0 Å². The number of hydrogen-bond acceptors (Lipinski definition) is 2. The van der Waals surface area contributed by atoms with Crippen molar-refractivity contribution in [2.24, 2.45) is 4.99 Å². The van der Waals surface area contributed by atoms with Gasteiger partial charge in [-0.1, -0.05) is 34.1 Å². The summed E-state index contributed by atoms with van der Waals surface area (Å²) in [6, 6.07) is 14.2. The van der Waals surface area contributed by atoms with Gasteiger partial charge >= 0.3 is 0 Å². The summed E-state index contributed by atoms with van der Waals surface area (Å²) in [6.45, 7) is 3.42. The predicted octanol–water partition coefficient (Wildman–Crippen LogP) is 4.34. The molecule has 2 N–H and O–H groups in total. The highest BCUT2D eigenvalue weighted by atomic mass is 127. The molecule has 1 amide bonds. The fourth-order valence-electron chi connectivity index (χ4n) is 3.12. The average Bonchev–Trinajstić information content (AvgIpc) is 3.05. The first kappa shape index (κ1) is 21.7. The molecule has 7 heteroatoms. The molecule has 0 bridgehead atoms. The maximum Gasteiger partial charge on any atom is 0.226 e. The number of fused-ring (bicyclic) bond motifs is 1. The van der Waals surface area contributed by atoms with Crippen LogP contribution in [0, 0.1) is 6.92 Å². The molecule has 0 unspecified atom stereocenters. The third-order valence-electron chi connectivity index (χ3n) is 4.45. The van der Waals surface area contributed by atoms with E-state index in [0.29, 0.717) is 13.0 Å². The van der Waals surface area contributed by atoms with Crippen molar-refractivity contribution in [2.75, 3.05) is 30.4 Å². The number of aliphatic imine (C=N–C) groups is 1. The quantitative estimate of drug-likeness (QED) is 0.343. The normalized spacial score (nSPS) is 13.0. The molecule has 3 rings (SSSR count). The van der Waals surface area contributed by atoms with Crippen LogP contribution in [0.3, 0.4) is 0 Å². The summed E-state index contributed by atoms with van der Waals surface area (Å²) in [6.07, 6.45) is 1.39. The van der Waals surface area contributed by atoms with Gasteiger partial charge in [-0.3, -0.25) is 9.79 Å². The van der Waals surface area contributed by atoms with Crippen molar-refractivity contribution in [3.05, 3.63) is 58.1 Å². The number of halogens is 2. The monoisotopic (exact) mass is 542 g/mol. The molecule has 1 aliphatic heterocycles. The topological polar surface area (TPSA) is 56.7 Å². The van der Waals surface area contributed by atoms with E-state index in [1.54, 1.807) is 7.05 Å². The van der Waals surface area contributed by atoms with Gasteiger partial charge in [-0.05, 0) is 48.7 Å². The number of nitrogens with one attached hydrogen (secondary N) is 2. The van der Waals surface area contributed by atoms with E-state index in [0.717, 1.165) is 34.6 Å². The van der Waals surface area contributed by atoms with Crippen molar-refractivity contribution in [3.63, 3.8) is 0 Å². The highest BCUT2D eigenvalue weighted by molar-refractivity contribution is 14.0. The van der Waals surface area contributed by atoms with Crippen LogP contribution in [0.25, 0.3) is 0 Å². The number of rotatable bonds is 4. The molecule has 0 fully saturated rings. The van der Waals surface area contributed by atoms with Crippen LogP contribution < -0.4 is 15.5 Å². The maximum absolute atomic E-state index is 12.2. The third kappa shape index (κ3) is 5.44. The van der Waals surface area contributed by atoms with E-state index in [2.05, 4.69) is 54.7 Å². The molecule has 2 aromatic carbocycles. The Hall–Kier alpha value is -1.61. The van der Waals surface area contributed by atoms with E-state index in [1.165, 1.54) is 11.3 Å². The van der Waals surface area contributed by atoms with Gasteiger partial charge in [0.15, 0.2) is 5.96 Å². The van der Waals surface area contributed by atoms with Crippen molar-refractivity contribution in [3.8, 4) is 0 Å². The van der Waals surface area contributed by atoms with Gasteiger partial charge in [0.05, 0.1) is 0 Å². The first-order valence-corrected chi connectivity index (χ1v) is 9.50. The number of anilines is 2. The zero-order valence-corrected chi connectivity index (χ0v) is 19.4. The Morgan fingerprint density at radius 1 is 1.26 bits per heavy atom. The lowest BCUT2D eigenvalue weighted by Gasteiger charge is -2.22. The third-order valence-corrected chi connectivity index (χ3v) is 4.95. The minimum Gasteiger partial charge on any atom is -0.355 e. The van der Waals surface area contributed by atoms with Crippen LogP contribution >= 0.6 is 39.9 Å². The van der Waals surface area contributed by atoms with Crippen LogP contribution in [0.15, 0.2) is 51.9 Å². The Labute approximate surface area is 185 Å². The molecule has 0 atom stereocenters. The van der Waals surface area contributed by atoms with Crippen LogP contribution in [0.1, 0.15) is 17.5 Å². The molecule has 1 aliphatic rings. The number of benzene rings is 2. The van der Waals surface area contributed by atoms with Gasteiger partial charge in [0, 0.05) is 42.4 Å². The van der Waals surface area contributed by atoms with Gasteiger partial charge in [-0.2, -0.15) is 0 Å². The van der Waals surface area contributed by atoms with E-state index >= 15 is 0 Å². The van der Waals surface area contributed by atoms with E-state index < -0.39 is 0 Å². The second kappa shape index (κ2) is 10.1. The van der Waals surface area contributed by atoms with Gasteiger partial charge in [-0.25, -0.2) is 0 Å². The van der Waals surface area contributed by atoms with Crippen LogP contribution in [0.4, 0.5) is 11.4 Å². The highest BCUT2D eigenvalue weighted by Crippen LogP contribution is 2.27. The Balaban J connectivity index is 0.00000261. The average molecular weight is 543 g/mol. The van der Waals surface area contributed by atoms with Gasteiger partial charge in [0.1, 0.15) is 0 Å². The lowest BCUT2D eigenvalue weighted by atomic mass is 10.2. The summed E-state index contributed by atoms with van der Waals surface area (Å²) in [5.74, 6) is 0.794. The Kier molecular flexibility index (Phi) is 8.09. The van der Waals surface area contributed by atoms with Gasteiger partial charge < -0.3 is 15.5 Å². The molecular formula is C20H24BrIN4O. The smallest absolute Gasteiger partial charge is 0.226 e. The van der Waals surface area contributed by atoms with Gasteiger partial charge in [-0.15, -0.1) is 24.0 Å². The molecule has 0 aromatic heterocycles. The SMILES string of the molecule is CN=C(NCCC(=O)Nc1ccc(Br)cc1C)N1CCc2ccccc21.I. The van der Waals surface area contributed by atoms with E-state index in [9.17, 15) is 4.79 Å². The molecule has 27 heavy (non-hydrogen) atoms. The molecule has 0 saturated carbocycles. The highest BCUT2D eigenvalue weighted by Gasteiger charge is 2.22. The van der Waals surface area contributed by atoms with Crippen molar-refractivity contribution in [2.45, 2.75) is 19.8 Å². The maximum atomic E-state index is 12.2. The second-order valence-electron chi connectivity index (χ2n) is 6.26. The molecule has 144 valence electrons. The fraction of sp³-hybridized carbons (Fsp3) is 0.300. The van der Waals surface area contributed by atoms with Crippen molar-refractivity contribution in [1.82, 2.24) is 5.32 Å². The number of guanidine groups is 1. The molecule has 0 spiro atoms. The summed E-state index contributed by atoms with van der Waals surface area (Å²) in [4.78, 5) is 18.8. The largest absolute Gasteiger partial charge is 0.355 e. The first-order valence-electron chi connectivity index (χ1n) is 8.70. The number of nitrogens with zero attached hydrogens (tertiary/aromatic N) is 2. The van der Waals surface area contributed by atoms with E-state index in [-0.39, 0.29) is 29.9 Å².